The lowest BCUT2D eigenvalue weighted by atomic mass is 9.90. The SMILES string of the molecule is COC(=O)c1c[nH]c2cc3c(cc12)CCCC3. The van der Waals surface area contributed by atoms with Crippen LogP contribution in [0.4, 0.5) is 0 Å². The van der Waals surface area contributed by atoms with Crippen LogP contribution in [-0.4, -0.2) is 18.1 Å². The Labute approximate surface area is 99.8 Å². The molecule has 0 unspecified atom stereocenters. The van der Waals surface area contributed by atoms with Gasteiger partial charge in [-0.05, 0) is 48.9 Å². The van der Waals surface area contributed by atoms with Gasteiger partial charge >= 0.3 is 5.97 Å². The van der Waals surface area contributed by atoms with Crippen molar-refractivity contribution in [3.05, 3.63) is 35.0 Å². The third-order valence-corrected chi connectivity index (χ3v) is 3.55. The van der Waals surface area contributed by atoms with Crippen molar-refractivity contribution >= 4 is 16.9 Å². The van der Waals surface area contributed by atoms with Crippen LogP contribution in [0.15, 0.2) is 18.3 Å². The highest BCUT2D eigenvalue weighted by Gasteiger charge is 2.16. The number of aromatic nitrogens is 1. The first-order valence-electron chi connectivity index (χ1n) is 6.01. The Kier molecular flexibility index (Phi) is 2.39. The summed E-state index contributed by atoms with van der Waals surface area (Å²) in [6, 6.07) is 4.32. The van der Waals surface area contributed by atoms with E-state index >= 15 is 0 Å². The Morgan fingerprint density at radius 2 is 1.94 bits per heavy atom. The molecule has 0 saturated carbocycles. The second kappa shape index (κ2) is 3.91. The summed E-state index contributed by atoms with van der Waals surface area (Å²) in [6.07, 6.45) is 6.52. The number of carbonyl (C=O) groups is 1. The minimum atomic E-state index is -0.271. The van der Waals surface area contributed by atoms with E-state index in [1.807, 2.05) is 0 Å². The van der Waals surface area contributed by atoms with Crippen molar-refractivity contribution in [1.29, 1.82) is 0 Å². The quantitative estimate of drug-likeness (QED) is 0.764. The van der Waals surface area contributed by atoms with Crippen LogP contribution < -0.4 is 0 Å². The number of hydrogen-bond acceptors (Lipinski definition) is 2. The van der Waals surface area contributed by atoms with Crippen LogP contribution >= 0.6 is 0 Å². The lowest BCUT2D eigenvalue weighted by Gasteiger charge is -2.15. The third kappa shape index (κ3) is 1.62. The summed E-state index contributed by atoms with van der Waals surface area (Å²) >= 11 is 0. The molecule has 0 bridgehead atoms. The van der Waals surface area contributed by atoms with Gasteiger partial charge < -0.3 is 9.72 Å². The number of benzene rings is 1. The first kappa shape index (κ1) is 10.4. The van der Waals surface area contributed by atoms with E-state index in [0.29, 0.717) is 5.56 Å². The van der Waals surface area contributed by atoms with Crippen molar-refractivity contribution in [2.45, 2.75) is 25.7 Å². The summed E-state index contributed by atoms with van der Waals surface area (Å²) in [7, 11) is 1.42. The van der Waals surface area contributed by atoms with Gasteiger partial charge in [0, 0.05) is 17.1 Å². The average Bonchev–Trinajstić information content (AvgIpc) is 2.78. The first-order valence-corrected chi connectivity index (χ1v) is 6.01. The van der Waals surface area contributed by atoms with Crippen molar-refractivity contribution in [3.8, 4) is 0 Å². The maximum absolute atomic E-state index is 11.6. The van der Waals surface area contributed by atoms with Crippen LogP contribution in [-0.2, 0) is 17.6 Å². The fourth-order valence-electron chi connectivity index (χ4n) is 2.63. The molecule has 0 atom stereocenters. The highest BCUT2D eigenvalue weighted by Crippen LogP contribution is 2.28. The molecule has 0 fully saturated rings. The van der Waals surface area contributed by atoms with Gasteiger partial charge in [-0.15, -0.1) is 0 Å². The molecule has 0 amide bonds. The molecular weight excluding hydrogens is 214 g/mol. The summed E-state index contributed by atoms with van der Waals surface area (Å²) in [4.78, 5) is 14.8. The molecule has 1 aromatic carbocycles. The van der Waals surface area contributed by atoms with Crippen LogP contribution in [0.1, 0.15) is 34.3 Å². The zero-order valence-electron chi connectivity index (χ0n) is 9.88. The van der Waals surface area contributed by atoms with Gasteiger partial charge in [-0.1, -0.05) is 0 Å². The van der Waals surface area contributed by atoms with E-state index in [1.165, 1.54) is 31.1 Å². The molecular formula is C14H15NO2. The van der Waals surface area contributed by atoms with Crippen molar-refractivity contribution in [2.75, 3.05) is 7.11 Å². The van der Waals surface area contributed by atoms with Crippen LogP contribution in [0.25, 0.3) is 10.9 Å². The number of rotatable bonds is 1. The van der Waals surface area contributed by atoms with Crippen LogP contribution in [0.5, 0.6) is 0 Å². The van der Waals surface area contributed by atoms with Crippen LogP contribution in [0, 0.1) is 0 Å². The lowest BCUT2D eigenvalue weighted by Crippen LogP contribution is -2.03. The summed E-state index contributed by atoms with van der Waals surface area (Å²) in [5, 5.41) is 0.984. The van der Waals surface area contributed by atoms with Crippen molar-refractivity contribution in [3.63, 3.8) is 0 Å². The molecule has 1 heterocycles. The molecule has 0 saturated heterocycles. The zero-order chi connectivity index (χ0) is 11.8. The predicted octanol–water partition coefficient (Wildman–Crippen LogP) is 2.83. The molecule has 17 heavy (non-hydrogen) atoms. The molecule has 3 heteroatoms. The molecule has 0 radical (unpaired) electrons. The Hall–Kier alpha value is -1.77. The molecule has 2 aromatic rings. The standard InChI is InChI=1S/C14H15NO2/c1-17-14(16)12-8-15-13-7-10-5-3-2-4-9(10)6-11(12)13/h6-8,15H,2-5H2,1H3. The maximum atomic E-state index is 11.6. The fraction of sp³-hybridized carbons (Fsp3) is 0.357. The number of hydrogen-bond donors (Lipinski definition) is 1. The van der Waals surface area contributed by atoms with Gasteiger partial charge in [-0.2, -0.15) is 0 Å². The second-order valence-electron chi connectivity index (χ2n) is 4.57. The Bertz CT molecular complexity index is 583. The van der Waals surface area contributed by atoms with Gasteiger partial charge in [0.2, 0.25) is 0 Å². The molecule has 3 nitrogen and oxygen atoms in total. The van der Waals surface area contributed by atoms with Crippen LogP contribution in [0.2, 0.25) is 0 Å². The minimum absolute atomic E-state index is 0.271. The fourth-order valence-corrected chi connectivity index (χ4v) is 2.63. The normalized spacial score (nSPS) is 14.6. The van der Waals surface area contributed by atoms with Crippen molar-refractivity contribution in [2.24, 2.45) is 0 Å². The first-order chi connectivity index (χ1) is 8.29. The predicted molar refractivity (Wildman–Crippen MR) is 66.3 cm³/mol. The second-order valence-corrected chi connectivity index (χ2v) is 4.57. The largest absolute Gasteiger partial charge is 0.465 e. The summed E-state index contributed by atoms with van der Waals surface area (Å²) in [6.45, 7) is 0. The average molecular weight is 229 g/mol. The van der Waals surface area contributed by atoms with E-state index in [1.54, 1.807) is 6.20 Å². The van der Waals surface area contributed by atoms with E-state index in [0.717, 1.165) is 23.7 Å². The minimum Gasteiger partial charge on any atom is -0.465 e. The van der Waals surface area contributed by atoms with Crippen LogP contribution in [0.3, 0.4) is 0 Å². The molecule has 88 valence electrons. The van der Waals surface area contributed by atoms with E-state index in [4.69, 9.17) is 4.74 Å². The lowest BCUT2D eigenvalue weighted by molar-refractivity contribution is 0.0603. The monoisotopic (exact) mass is 229 g/mol. The van der Waals surface area contributed by atoms with E-state index < -0.39 is 0 Å². The third-order valence-electron chi connectivity index (χ3n) is 3.55. The smallest absolute Gasteiger partial charge is 0.340 e. The highest BCUT2D eigenvalue weighted by atomic mass is 16.5. The van der Waals surface area contributed by atoms with E-state index in [9.17, 15) is 4.79 Å². The zero-order valence-corrected chi connectivity index (χ0v) is 9.88. The number of methoxy groups -OCH3 is 1. The van der Waals surface area contributed by atoms with Crippen molar-refractivity contribution in [1.82, 2.24) is 4.98 Å². The maximum Gasteiger partial charge on any atom is 0.340 e. The van der Waals surface area contributed by atoms with Crippen molar-refractivity contribution < 1.29 is 9.53 Å². The number of aryl methyl sites for hydroxylation is 2. The number of ether oxygens (including phenoxy) is 1. The molecule has 0 spiro atoms. The highest BCUT2D eigenvalue weighted by molar-refractivity contribution is 6.04. The van der Waals surface area contributed by atoms with Gasteiger partial charge in [0.25, 0.3) is 0 Å². The van der Waals surface area contributed by atoms with Gasteiger partial charge in [0.05, 0.1) is 12.7 Å². The Morgan fingerprint density at radius 1 is 1.24 bits per heavy atom. The summed E-state index contributed by atoms with van der Waals surface area (Å²) in [5.74, 6) is -0.271. The molecule has 1 aliphatic rings. The Balaban J connectivity index is 2.19. The number of H-pyrrole nitrogens is 1. The molecule has 1 N–H and O–H groups in total. The molecule has 3 rings (SSSR count). The van der Waals surface area contributed by atoms with Gasteiger partial charge in [0.1, 0.15) is 0 Å². The molecule has 0 aliphatic heterocycles. The number of fused-ring (bicyclic) bond motifs is 2. The number of aromatic amines is 1. The van der Waals surface area contributed by atoms with E-state index in [2.05, 4.69) is 17.1 Å². The number of nitrogens with one attached hydrogen (secondary N) is 1. The topological polar surface area (TPSA) is 42.1 Å². The summed E-state index contributed by atoms with van der Waals surface area (Å²) in [5.41, 5.74) is 4.47. The Morgan fingerprint density at radius 3 is 2.65 bits per heavy atom. The molecule has 1 aliphatic carbocycles. The number of esters is 1. The van der Waals surface area contributed by atoms with Gasteiger partial charge in [-0.25, -0.2) is 4.79 Å². The van der Waals surface area contributed by atoms with Gasteiger partial charge in [0.15, 0.2) is 0 Å². The summed E-state index contributed by atoms with van der Waals surface area (Å²) < 4.78 is 4.79. The van der Waals surface area contributed by atoms with E-state index in [-0.39, 0.29) is 5.97 Å². The molecule has 1 aromatic heterocycles. The number of carbonyl (C=O) groups excluding carboxylic acids is 1. The van der Waals surface area contributed by atoms with Gasteiger partial charge in [-0.3, -0.25) is 0 Å².